The minimum Gasteiger partial charge on any atom is -0.331 e. The molecule has 116 valence electrons. The summed E-state index contributed by atoms with van der Waals surface area (Å²) >= 11 is 6.04. The monoisotopic (exact) mass is 309 g/mol. The number of piperidine rings is 1. The van der Waals surface area contributed by atoms with Gasteiger partial charge in [0.15, 0.2) is 0 Å². The SMILES string of the molecule is C[C@H](NC1CCN(C(=O)N(C)C)CC1)c1cccc(Cl)c1. The third-order valence-electron chi connectivity index (χ3n) is 3.98. The van der Waals surface area contributed by atoms with Crippen LogP contribution in [0.4, 0.5) is 4.79 Å². The fourth-order valence-corrected chi connectivity index (χ4v) is 2.94. The van der Waals surface area contributed by atoms with Gasteiger partial charge >= 0.3 is 6.03 Å². The maximum absolute atomic E-state index is 11.9. The van der Waals surface area contributed by atoms with Crippen LogP contribution in [-0.2, 0) is 0 Å². The first kappa shape index (κ1) is 16.1. The summed E-state index contributed by atoms with van der Waals surface area (Å²) in [5.41, 5.74) is 1.20. The predicted octanol–water partition coefficient (Wildman–Crippen LogP) is 3.14. The van der Waals surface area contributed by atoms with E-state index in [1.165, 1.54) is 5.56 Å². The first-order valence-corrected chi connectivity index (χ1v) is 7.83. The molecule has 0 aromatic heterocycles. The first-order chi connectivity index (χ1) is 9.97. The highest BCUT2D eigenvalue weighted by Gasteiger charge is 2.24. The number of nitrogens with zero attached hydrogens (tertiary/aromatic N) is 2. The van der Waals surface area contributed by atoms with Gasteiger partial charge in [-0.1, -0.05) is 23.7 Å². The third-order valence-corrected chi connectivity index (χ3v) is 4.22. The van der Waals surface area contributed by atoms with Crippen molar-refractivity contribution in [1.29, 1.82) is 0 Å². The highest BCUT2D eigenvalue weighted by molar-refractivity contribution is 6.30. The van der Waals surface area contributed by atoms with Gasteiger partial charge in [-0.25, -0.2) is 4.79 Å². The summed E-state index contributed by atoms with van der Waals surface area (Å²) in [5.74, 6) is 0. The van der Waals surface area contributed by atoms with Crippen LogP contribution in [0, 0.1) is 0 Å². The number of carbonyl (C=O) groups excluding carboxylic acids is 1. The summed E-state index contributed by atoms with van der Waals surface area (Å²) in [7, 11) is 3.60. The van der Waals surface area contributed by atoms with Crippen LogP contribution in [0.15, 0.2) is 24.3 Å². The van der Waals surface area contributed by atoms with E-state index in [0.717, 1.165) is 31.0 Å². The molecule has 0 unspecified atom stereocenters. The van der Waals surface area contributed by atoms with Crippen molar-refractivity contribution >= 4 is 17.6 Å². The van der Waals surface area contributed by atoms with Gasteiger partial charge in [0.1, 0.15) is 0 Å². The molecule has 2 rings (SSSR count). The Morgan fingerprint density at radius 3 is 2.62 bits per heavy atom. The Labute approximate surface area is 132 Å². The minimum absolute atomic E-state index is 0.108. The van der Waals surface area contributed by atoms with E-state index in [2.05, 4.69) is 18.3 Å². The van der Waals surface area contributed by atoms with Gasteiger partial charge in [-0.2, -0.15) is 0 Å². The Bertz CT molecular complexity index is 484. The zero-order valence-electron chi connectivity index (χ0n) is 13.0. The van der Waals surface area contributed by atoms with Crippen molar-refractivity contribution in [2.24, 2.45) is 0 Å². The molecule has 0 bridgehead atoms. The van der Waals surface area contributed by atoms with Crippen molar-refractivity contribution in [3.05, 3.63) is 34.9 Å². The maximum atomic E-state index is 11.9. The number of halogens is 1. The summed E-state index contributed by atoms with van der Waals surface area (Å²) in [6.07, 6.45) is 1.98. The zero-order valence-corrected chi connectivity index (χ0v) is 13.7. The standard InChI is InChI=1S/C16H24ClN3O/c1-12(13-5-4-6-14(17)11-13)18-15-7-9-20(10-8-15)16(21)19(2)3/h4-6,11-12,15,18H,7-10H2,1-3H3/t12-/m0/s1. The van der Waals surface area contributed by atoms with Crippen molar-refractivity contribution < 1.29 is 4.79 Å². The molecule has 1 saturated heterocycles. The van der Waals surface area contributed by atoms with Crippen molar-refractivity contribution in [3.8, 4) is 0 Å². The maximum Gasteiger partial charge on any atom is 0.319 e. The van der Waals surface area contributed by atoms with Gasteiger partial charge in [0.05, 0.1) is 0 Å². The molecule has 1 aromatic rings. The second kappa shape index (κ2) is 7.14. The molecular formula is C16H24ClN3O. The second-order valence-corrected chi connectivity index (χ2v) is 6.32. The molecule has 1 N–H and O–H groups in total. The van der Waals surface area contributed by atoms with Crippen LogP contribution >= 0.6 is 11.6 Å². The molecule has 1 aliphatic rings. The molecular weight excluding hydrogens is 286 g/mol. The van der Waals surface area contributed by atoms with Crippen LogP contribution in [0.3, 0.4) is 0 Å². The van der Waals surface area contributed by atoms with E-state index in [4.69, 9.17) is 11.6 Å². The van der Waals surface area contributed by atoms with Gasteiger partial charge in [-0.05, 0) is 37.5 Å². The number of hydrogen-bond acceptors (Lipinski definition) is 2. The summed E-state index contributed by atoms with van der Waals surface area (Å²) in [4.78, 5) is 15.5. The van der Waals surface area contributed by atoms with Crippen LogP contribution in [0.2, 0.25) is 5.02 Å². The molecule has 5 heteroatoms. The number of rotatable bonds is 3. The average Bonchev–Trinajstić information content (AvgIpc) is 2.47. The lowest BCUT2D eigenvalue weighted by Gasteiger charge is -2.35. The summed E-state index contributed by atoms with van der Waals surface area (Å²) in [6.45, 7) is 3.79. The lowest BCUT2D eigenvalue weighted by atomic mass is 10.0. The van der Waals surface area contributed by atoms with Gasteiger partial charge in [0.2, 0.25) is 0 Å². The van der Waals surface area contributed by atoms with E-state index >= 15 is 0 Å². The Morgan fingerprint density at radius 1 is 1.38 bits per heavy atom. The van der Waals surface area contributed by atoms with E-state index in [9.17, 15) is 4.79 Å². The number of benzene rings is 1. The van der Waals surface area contributed by atoms with Crippen LogP contribution < -0.4 is 5.32 Å². The Kier molecular flexibility index (Phi) is 5.48. The van der Waals surface area contributed by atoms with Crippen LogP contribution in [-0.4, -0.2) is 49.1 Å². The molecule has 1 aromatic carbocycles. The number of nitrogens with one attached hydrogen (secondary N) is 1. The summed E-state index contributed by atoms with van der Waals surface area (Å²) in [5, 5.41) is 4.41. The third kappa shape index (κ3) is 4.35. The van der Waals surface area contributed by atoms with Crippen molar-refractivity contribution in [3.63, 3.8) is 0 Å². The van der Waals surface area contributed by atoms with Crippen molar-refractivity contribution in [2.45, 2.75) is 31.8 Å². The molecule has 1 atom stereocenters. The Morgan fingerprint density at radius 2 is 2.05 bits per heavy atom. The Balaban J connectivity index is 1.85. The number of hydrogen-bond donors (Lipinski definition) is 1. The van der Waals surface area contributed by atoms with E-state index < -0.39 is 0 Å². The van der Waals surface area contributed by atoms with Gasteiger partial charge < -0.3 is 15.1 Å². The molecule has 0 spiro atoms. The fraction of sp³-hybridized carbons (Fsp3) is 0.562. The van der Waals surface area contributed by atoms with E-state index in [-0.39, 0.29) is 12.1 Å². The molecule has 1 fully saturated rings. The molecule has 2 amide bonds. The highest BCUT2D eigenvalue weighted by Crippen LogP contribution is 2.20. The Hall–Kier alpha value is -1.26. The van der Waals surface area contributed by atoms with Gasteiger partial charge in [-0.3, -0.25) is 0 Å². The smallest absolute Gasteiger partial charge is 0.319 e. The molecule has 1 aliphatic heterocycles. The van der Waals surface area contributed by atoms with Gasteiger partial charge in [0.25, 0.3) is 0 Å². The van der Waals surface area contributed by atoms with Gasteiger partial charge in [0, 0.05) is 44.3 Å². The van der Waals surface area contributed by atoms with E-state index in [0.29, 0.717) is 6.04 Å². The van der Waals surface area contributed by atoms with Crippen LogP contribution in [0.1, 0.15) is 31.4 Å². The number of carbonyl (C=O) groups is 1. The van der Waals surface area contributed by atoms with Crippen LogP contribution in [0.25, 0.3) is 0 Å². The topological polar surface area (TPSA) is 35.6 Å². The molecule has 0 saturated carbocycles. The molecule has 0 aliphatic carbocycles. The molecule has 0 radical (unpaired) electrons. The lowest BCUT2D eigenvalue weighted by molar-refractivity contribution is 0.151. The molecule has 21 heavy (non-hydrogen) atoms. The lowest BCUT2D eigenvalue weighted by Crippen LogP contribution is -2.48. The normalized spacial score (nSPS) is 17.6. The largest absolute Gasteiger partial charge is 0.331 e. The quantitative estimate of drug-likeness (QED) is 0.931. The zero-order chi connectivity index (χ0) is 15.4. The van der Waals surface area contributed by atoms with Crippen molar-refractivity contribution in [1.82, 2.24) is 15.1 Å². The number of amides is 2. The van der Waals surface area contributed by atoms with E-state index in [1.54, 1.807) is 19.0 Å². The summed E-state index contributed by atoms with van der Waals surface area (Å²) in [6, 6.07) is 8.79. The van der Waals surface area contributed by atoms with Crippen LogP contribution in [0.5, 0.6) is 0 Å². The highest BCUT2D eigenvalue weighted by atomic mass is 35.5. The fourth-order valence-electron chi connectivity index (χ4n) is 2.75. The van der Waals surface area contributed by atoms with Gasteiger partial charge in [-0.15, -0.1) is 0 Å². The molecule has 1 heterocycles. The first-order valence-electron chi connectivity index (χ1n) is 7.45. The number of likely N-dealkylation sites (tertiary alicyclic amines) is 1. The molecule has 4 nitrogen and oxygen atoms in total. The number of urea groups is 1. The summed E-state index contributed by atoms with van der Waals surface area (Å²) < 4.78 is 0. The van der Waals surface area contributed by atoms with E-state index in [1.807, 2.05) is 23.1 Å². The predicted molar refractivity (Wildman–Crippen MR) is 86.7 cm³/mol. The average molecular weight is 310 g/mol. The minimum atomic E-state index is 0.108. The second-order valence-electron chi connectivity index (χ2n) is 5.88. The van der Waals surface area contributed by atoms with Crippen molar-refractivity contribution in [2.75, 3.05) is 27.2 Å².